The highest BCUT2D eigenvalue weighted by atomic mass is 32.2. The molecule has 3 atom stereocenters. The minimum atomic E-state index is -3.76. The smallest absolute Gasteiger partial charge is 0.240 e. The van der Waals surface area contributed by atoms with Gasteiger partial charge in [-0.1, -0.05) is 52.3 Å². The first-order valence-electron chi connectivity index (χ1n) is 7.47. The van der Waals surface area contributed by atoms with Crippen molar-refractivity contribution in [3.63, 3.8) is 0 Å². The average molecular weight is 331 g/mol. The summed E-state index contributed by atoms with van der Waals surface area (Å²) < 4.78 is 40.7. The highest BCUT2D eigenvalue weighted by molar-refractivity contribution is 7.89. The molecular weight excluding hydrogens is 305 g/mol. The quantitative estimate of drug-likeness (QED) is 0.770. The van der Waals surface area contributed by atoms with Gasteiger partial charge >= 0.3 is 0 Å². The van der Waals surface area contributed by atoms with Crippen molar-refractivity contribution in [2.24, 2.45) is 11.3 Å². The van der Waals surface area contributed by atoms with Crippen molar-refractivity contribution in [1.29, 1.82) is 0 Å². The van der Waals surface area contributed by atoms with Crippen LogP contribution in [0.5, 0.6) is 0 Å². The Morgan fingerprint density at radius 3 is 2.27 bits per heavy atom. The summed E-state index contributed by atoms with van der Waals surface area (Å²) in [6.45, 7) is 6.20. The van der Waals surface area contributed by atoms with Gasteiger partial charge < -0.3 is 5.11 Å². The largest absolute Gasteiger partial charge is 0.391 e. The summed E-state index contributed by atoms with van der Waals surface area (Å²) in [5, 5.41) is 10.5. The number of nitrogens with one attached hydrogen (secondary N) is 1. The lowest BCUT2D eigenvalue weighted by Crippen LogP contribution is -2.53. The molecule has 22 heavy (non-hydrogen) atoms. The molecule has 1 aromatic rings. The zero-order valence-electron chi connectivity index (χ0n) is 13.6. The second kappa shape index (κ2) is 7.53. The van der Waals surface area contributed by atoms with E-state index in [-0.39, 0.29) is 10.8 Å². The molecule has 0 unspecified atom stereocenters. The Morgan fingerprint density at radius 1 is 1.27 bits per heavy atom. The number of aliphatic hydroxyl groups excluding tert-OH is 1. The van der Waals surface area contributed by atoms with Crippen molar-refractivity contribution in [2.45, 2.75) is 51.2 Å². The lowest BCUT2D eigenvalue weighted by atomic mass is 9.79. The van der Waals surface area contributed by atoms with Crippen molar-refractivity contribution in [1.82, 2.24) is 4.72 Å². The van der Waals surface area contributed by atoms with E-state index in [1.807, 2.05) is 13.8 Å². The molecule has 0 aliphatic heterocycles. The molecule has 0 bridgehead atoms. The van der Waals surface area contributed by atoms with Gasteiger partial charge in [0.1, 0.15) is 0 Å². The fourth-order valence-electron chi connectivity index (χ4n) is 2.16. The molecule has 1 rings (SSSR count). The van der Waals surface area contributed by atoms with Gasteiger partial charge in [0, 0.05) is 5.41 Å². The number of rotatable bonds is 8. The van der Waals surface area contributed by atoms with E-state index < -0.39 is 34.3 Å². The predicted molar refractivity (Wildman–Crippen MR) is 85.8 cm³/mol. The molecular formula is C16H26FNO3S. The lowest BCUT2D eigenvalue weighted by Gasteiger charge is -2.37. The zero-order chi connectivity index (χ0) is 17.0. The van der Waals surface area contributed by atoms with E-state index in [1.165, 1.54) is 12.1 Å². The predicted octanol–water partition coefficient (Wildman–Crippen LogP) is 2.74. The molecule has 0 aliphatic rings. The minimum Gasteiger partial charge on any atom is -0.391 e. The van der Waals surface area contributed by atoms with Gasteiger partial charge in [-0.05, 0) is 18.1 Å². The Balaban J connectivity index is 3.10. The van der Waals surface area contributed by atoms with Gasteiger partial charge in [-0.3, -0.25) is 4.39 Å². The van der Waals surface area contributed by atoms with Gasteiger partial charge in [0.25, 0.3) is 0 Å². The monoisotopic (exact) mass is 331 g/mol. The van der Waals surface area contributed by atoms with E-state index in [2.05, 4.69) is 4.72 Å². The maximum Gasteiger partial charge on any atom is 0.240 e. The van der Waals surface area contributed by atoms with Crippen LogP contribution < -0.4 is 4.72 Å². The molecule has 1 aromatic carbocycles. The standard InChI is InChI=1S/C16H26FNO3S/c1-5-12(2)14(15(19)16(3,4)11-17)18-22(20,21)13-9-7-6-8-10-13/h6-10,12,14-15,18-19H,5,11H2,1-4H3/t12-,14-,15+/m0/s1. The van der Waals surface area contributed by atoms with Gasteiger partial charge in [-0.2, -0.15) is 0 Å². The molecule has 126 valence electrons. The average Bonchev–Trinajstić information content (AvgIpc) is 2.52. The number of hydrogen-bond acceptors (Lipinski definition) is 3. The minimum absolute atomic E-state index is 0.126. The van der Waals surface area contributed by atoms with Crippen LogP contribution >= 0.6 is 0 Å². The second-order valence-corrected chi connectivity index (χ2v) is 8.13. The summed E-state index contributed by atoms with van der Waals surface area (Å²) in [5.41, 5.74) is -1.02. The van der Waals surface area contributed by atoms with Crippen LogP contribution in [-0.2, 0) is 10.0 Å². The van der Waals surface area contributed by atoms with Crippen LogP contribution in [-0.4, -0.2) is 32.3 Å². The normalized spacial score (nSPS) is 17.0. The zero-order valence-corrected chi connectivity index (χ0v) is 14.4. The van der Waals surface area contributed by atoms with Gasteiger partial charge in [-0.15, -0.1) is 0 Å². The number of halogens is 1. The van der Waals surface area contributed by atoms with E-state index in [4.69, 9.17) is 0 Å². The van der Waals surface area contributed by atoms with Crippen molar-refractivity contribution in [2.75, 3.05) is 6.67 Å². The van der Waals surface area contributed by atoms with Crippen molar-refractivity contribution in [3.05, 3.63) is 30.3 Å². The summed E-state index contributed by atoms with van der Waals surface area (Å²) in [7, 11) is -3.76. The first kappa shape index (κ1) is 19.1. The summed E-state index contributed by atoms with van der Waals surface area (Å²) in [6.07, 6.45) is -0.451. The molecule has 0 radical (unpaired) electrons. The molecule has 0 spiro atoms. The van der Waals surface area contributed by atoms with Gasteiger partial charge in [-0.25, -0.2) is 13.1 Å². The molecule has 4 nitrogen and oxygen atoms in total. The molecule has 0 heterocycles. The second-order valence-electron chi connectivity index (χ2n) is 6.41. The number of sulfonamides is 1. The molecule has 0 saturated carbocycles. The SMILES string of the molecule is CC[C@H](C)[C@H](NS(=O)(=O)c1ccccc1)[C@@H](O)C(C)(C)CF. The Morgan fingerprint density at radius 2 is 1.82 bits per heavy atom. The van der Waals surface area contributed by atoms with Crippen LogP contribution in [0.3, 0.4) is 0 Å². The van der Waals surface area contributed by atoms with Gasteiger partial charge in [0.05, 0.1) is 23.7 Å². The van der Waals surface area contributed by atoms with E-state index in [1.54, 1.807) is 32.0 Å². The molecule has 0 amide bonds. The van der Waals surface area contributed by atoms with Gasteiger partial charge in [0.15, 0.2) is 0 Å². The number of benzene rings is 1. The van der Waals surface area contributed by atoms with Crippen LogP contribution in [0.4, 0.5) is 4.39 Å². The molecule has 0 aromatic heterocycles. The van der Waals surface area contributed by atoms with Crippen molar-refractivity contribution in [3.8, 4) is 0 Å². The molecule has 0 fully saturated rings. The Bertz CT molecular complexity index is 560. The van der Waals surface area contributed by atoms with Crippen LogP contribution in [0.1, 0.15) is 34.1 Å². The maximum atomic E-state index is 13.2. The van der Waals surface area contributed by atoms with E-state index in [0.717, 1.165) is 0 Å². The first-order chi connectivity index (χ1) is 10.2. The first-order valence-corrected chi connectivity index (χ1v) is 8.95. The number of hydrogen-bond donors (Lipinski definition) is 2. The third kappa shape index (κ3) is 4.51. The highest BCUT2D eigenvalue weighted by Gasteiger charge is 2.38. The Kier molecular flexibility index (Phi) is 6.52. The van der Waals surface area contributed by atoms with Gasteiger partial charge in [0.2, 0.25) is 10.0 Å². The molecule has 0 saturated heterocycles. The van der Waals surface area contributed by atoms with E-state index in [0.29, 0.717) is 6.42 Å². The van der Waals surface area contributed by atoms with Crippen LogP contribution in [0.25, 0.3) is 0 Å². The van der Waals surface area contributed by atoms with Crippen molar-refractivity contribution < 1.29 is 17.9 Å². The summed E-state index contributed by atoms with van der Waals surface area (Å²) >= 11 is 0. The highest BCUT2D eigenvalue weighted by Crippen LogP contribution is 2.28. The van der Waals surface area contributed by atoms with E-state index >= 15 is 0 Å². The number of alkyl halides is 1. The third-order valence-corrected chi connectivity index (χ3v) is 5.56. The third-order valence-electron chi connectivity index (χ3n) is 4.09. The summed E-state index contributed by atoms with van der Waals surface area (Å²) in [6, 6.07) is 7.22. The summed E-state index contributed by atoms with van der Waals surface area (Å²) in [5.74, 6) is -0.126. The Hall–Kier alpha value is -0.980. The Labute approximate surface area is 132 Å². The van der Waals surface area contributed by atoms with E-state index in [9.17, 15) is 17.9 Å². The van der Waals surface area contributed by atoms with Crippen LogP contribution in [0, 0.1) is 11.3 Å². The van der Waals surface area contributed by atoms with Crippen LogP contribution in [0.2, 0.25) is 0 Å². The fraction of sp³-hybridized carbons (Fsp3) is 0.625. The fourth-order valence-corrected chi connectivity index (χ4v) is 3.53. The molecule has 0 aliphatic carbocycles. The summed E-state index contributed by atoms with van der Waals surface area (Å²) in [4.78, 5) is 0.133. The topological polar surface area (TPSA) is 66.4 Å². The number of aliphatic hydroxyl groups is 1. The molecule has 2 N–H and O–H groups in total. The van der Waals surface area contributed by atoms with Crippen molar-refractivity contribution >= 4 is 10.0 Å². The molecule has 6 heteroatoms. The van der Waals surface area contributed by atoms with Crippen LogP contribution in [0.15, 0.2) is 35.2 Å². The lowest BCUT2D eigenvalue weighted by molar-refractivity contribution is -0.00469. The maximum absolute atomic E-state index is 13.2.